The second-order valence-corrected chi connectivity index (χ2v) is 5.76. The van der Waals surface area contributed by atoms with E-state index < -0.39 is 0 Å². The molecule has 0 radical (unpaired) electrons. The maximum atomic E-state index is 11.9. The summed E-state index contributed by atoms with van der Waals surface area (Å²) in [6.07, 6.45) is 0.949. The highest BCUT2D eigenvalue weighted by atomic mass is 16.5. The van der Waals surface area contributed by atoms with Gasteiger partial charge < -0.3 is 20.1 Å². The molecule has 0 aliphatic heterocycles. The minimum Gasteiger partial charge on any atom is -0.495 e. The molecule has 5 heteroatoms. The summed E-state index contributed by atoms with van der Waals surface area (Å²) in [6.45, 7) is 6.06. The van der Waals surface area contributed by atoms with Crippen LogP contribution in [-0.2, 0) is 9.53 Å². The number of benzene rings is 1. The molecule has 0 spiro atoms. The maximum Gasteiger partial charge on any atom is 0.238 e. The normalized spacial score (nSPS) is 11.2. The molecule has 5 nitrogen and oxygen atoms in total. The van der Waals surface area contributed by atoms with Crippen LogP contribution in [-0.4, -0.2) is 39.8 Å². The van der Waals surface area contributed by atoms with E-state index in [-0.39, 0.29) is 17.9 Å². The van der Waals surface area contributed by atoms with Crippen LogP contribution in [0.1, 0.15) is 20.3 Å². The Hall–Kier alpha value is -1.59. The van der Waals surface area contributed by atoms with E-state index in [9.17, 15) is 4.79 Å². The van der Waals surface area contributed by atoms with Crippen molar-refractivity contribution in [3.05, 3.63) is 24.3 Å². The summed E-state index contributed by atoms with van der Waals surface area (Å²) < 4.78 is 10.3. The molecule has 0 aromatic heterocycles. The van der Waals surface area contributed by atoms with Gasteiger partial charge in [-0.2, -0.15) is 0 Å². The SMILES string of the molecule is COCCC(C)(C)CNCC(=O)Nc1ccccc1OC. The standard InChI is InChI=1S/C16H26N2O3/c1-16(2,9-10-20-3)12-17-11-15(19)18-13-7-5-6-8-14(13)21-4/h5-8,17H,9-12H2,1-4H3,(H,18,19). The van der Waals surface area contributed by atoms with Gasteiger partial charge >= 0.3 is 0 Å². The van der Waals surface area contributed by atoms with Gasteiger partial charge in [0.15, 0.2) is 0 Å². The minimum atomic E-state index is -0.0814. The van der Waals surface area contributed by atoms with Crippen LogP contribution in [0.3, 0.4) is 0 Å². The van der Waals surface area contributed by atoms with E-state index in [1.165, 1.54) is 0 Å². The Kier molecular flexibility index (Phi) is 7.19. The lowest BCUT2D eigenvalue weighted by atomic mass is 9.90. The van der Waals surface area contributed by atoms with E-state index >= 15 is 0 Å². The van der Waals surface area contributed by atoms with E-state index in [2.05, 4.69) is 24.5 Å². The van der Waals surface area contributed by atoms with Crippen molar-refractivity contribution in [2.24, 2.45) is 5.41 Å². The number of amides is 1. The summed E-state index contributed by atoms with van der Waals surface area (Å²) in [5, 5.41) is 6.02. The molecule has 0 heterocycles. The first kappa shape index (κ1) is 17.5. The number of methoxy groups -OCH3 is 2. The van der Waals surface area contributed by atoms with Gasteiger partial charge in [-0.1, -0.05) is 26.0 Å². The number of para-hydroxylation sites is 2. The van der Waals surface area contributed by atoms with E-state index in [1.54, 1.807) is 14.2 Å². The van der Waals surface area contributed by atoms with Gasteiger partial charge in [-0.3, -0.25) is 4.79 Å². The van der Waals surface area contributed by atoms with Crippen molar-refractivity contribution in [2.45, 2.75) is 20.3 Å². The minimum absolute atomic E-state index is 0.0814. The number of nitrogens with one attached hydrogen (secondary N) is 2. The number of hydrogen-bond acceptors (Lipinski definition) is 4. The van der Waals surface area contributed by atoms with Crippen LogP contribution in [0.15, 0.2) is 24.3 Å². The van der Waals surface area contributed by atoms with Crippen LogP contribution < -0.4 is 15.4 Å². The first-order valence-electron chi connectivity index (χ1n) is 7.11. The third kappa shape index (κ3) is 6.60. The first-order valence-corrected chi connectivity index (χ1v) is 7.11. The van der Waals surface area contributed by atoms with Crippen molar-refractivity contribution in [1.29, 1.82) is 0 Å². The Balaban J connectivity index is 2.37. The van der Waals surface area contributed by atoms with E-state index in [0.717, 1.165) is 19.6 Å². The zero-order valence-electron chi connectivity index (χ0n) is 13.4. The summed E-state index contributed by atoms with van der Waals surface area (Å²) >= 11 is 0. The Morgan fingerprint density at radius 2 is 1.95 bits per heavy atom. The molecular formula is C16H26N2O3. The lowest BCUT2D eigenvalue weighted by Gasteiger charge is -2.24. The van der Waals surface area contributed by atoms with Gasteiger partial charge in [0.25, 0.3) is 0 Å². The number of carbonyl (C=O) groups excluding carboxylic acids is 1. The zero-order chi connectivity index (χ0) is 15.7. The van der Waals surface area contributed by atoms with Crippen LogP contribution in [0.2, 0.25) is 0 Å². The molecule has 1 aromatic carbocycles. The highest BCUT2D eigenvalue weighted by Crippen LogP contribution is 2.22. The second kappa shape index (κ2) is 8.64. The van der Waals surface area contributed by atoms with Crippen LogP contribution in [0.5, 0.6) is 5.75 Å². The highest BCUT2D eigenvalue weighted by Gasteiger charge is 2.17. The van der Waals surface area contributed by atoms with Crippen molar-refractivity contribution in [3.63, 3.8) is 0 Å². The number of anilines is 1. The fourth-order valence-corrected chi connectivity index (χ4v) is 1.92. The molecule has 0 unspecified atom stereocenters. The Labute approximate surface area is 127 Å². The fraction of sp³-hybridized carbons (Fsp3) is 0.562. The summed E-state index contributed by atoms with van der Waals surface area (Å²) in [4.78, 5) is 11.9. The van der Waals surface area contributed by atoms with Crippen molar-refractivity contribution in [1.82, 2.24) is 5.32 Å². The lowest BCUT2D eigenvalue weighted by Crippen LogP contribution is -2.35. The topological polar surface area (TPSA) is 59.6 Å². The van der Waals surface area contributed by atoms with Crippen LogP contribution in [0, 0.1) is 5.41 Å². The van der Waals surface area contributed by atoms with E-state index in [4.69, 9.17) is 9.47 Å². The van der Waals surface area contributed by atoms with Crippen molar-refractivity contribution >= 4 is 11.6 Å². The summed E-state index contributed by atoms with van der Waals surface area (Å²) in [5.41, 5.74) is 0.784. The summed E-state index contributed by atoms with van der Waals surface area (Å²) in [6, 6.07) is 7.36. The predicted molar refractivity (Wildman–Crippen MR) is 84.8 cm³/mol. The molecule has 1 amide bonds. The fourth-order valence-electron chi connectivity index (χ4n) is 1.92. The van der Waals surface area contributed by atoms with Gasteiger partial charge in [-0.15, -0.1) is 0 Å². The molecule has 2 N–H and O–H groups in total. The molecule has 118 valence electrons. The Morgan fingerprint density at radius 3 is 2.62 bits per heavy atom. The van der Waals surface area contributed by atoms with E-state index in [1.807, 2.05) is 24.3 Å². The second-order valence-electron chi connectivity index (χ2n) is 5.76. The van der Waals surface area contributed by atoms with Gasteiger partial charge in [-0.05, 0) is 24.0 Å². The predicted octanol–water partition coefficient (Wildman–Crippen LogP) is 2.29. The zero-order valence-corrected chi connectivity index (χ0v) is 13.4. The average molecular weight is 294 g/mol. The van der Waals surface area contributed by atoms with Crippen molar-refractivity contribution in [2.75, 3.05) is 39.2 Å². The molecule has 21 heavy (non-hydrogen) atoms. The van der Waals surface area contributed by atoms with Gasteiger partial charge in [0.1, 0.15) is 5.75 Å². The molecule has 0 bridgehead atoms. The van der Waals surface area contributed by atoms with Gasteiger partial charge in [0, 0.05) is 20.3 Å². The molecule has 0 aliphatic rings. The lowest BCUT2D eigenvalue weighted by molar-refractivity contribution is -0.115. The molecule has 0 fully saturated rings. The molecule has 0 saturated carbocycles. The largest absolute Gasteiger partial charge is 0.495 e. The molecule has 1 rings (SSSR count). The van der Waals surface area contributed by atoms with Crippen molar-refractivity contribution in [3.8, 4) is 5.75 Å². The van der Waals surface area contributed by atoms with Crippen LogP contribution >= 0.6 is 0 Å². The maximum absolute atomic E-state index is 11.9. The number of rotatable bonds is 9. The molecule has 0 saturated heterocycles. The average Bonchev–Trinajstić information content (AvgIpc) is 2.45. The number of ether oxygens (including phenoxy) is 2. The van der Waals surface area contributed by atoms with Gasteiger partial charge in [0.05, 0.1) is 19.3 Å². The quantitative estimate of drug-likeness (QED) is 0.733. The van der Waals surface area contributed by atoms with Crippen LogP contribution in [0.4, 0.5) is 5.69 Å². The molecule has 1 aromatic rings. The highest BCUT2D eigenvalue weighted by molar-refractivity contribution is 5.93. The van der Waals surface area contributed by atoms with Crippen molar-refractivity contribution < 1.29 is 14.3 Å². The smallest absolute Gasteiger partial charge is 0.238 e. The summed E-state index contributed by atoms with van der Waals surface area (Å²) in [7, 11) is 3.28. The monoisotopic (exact) mass is 294 g/mol. The van der Waals surface area contributed by atoms with Crippen LogP contribution in [0.25, 0.3) is 0 Å². The first-order chi connectivity index (χ1) is 9.98. The van der Waals surface area contributed by atoms with Gasteiger partial charge in [-0.25, -0.2) is 0 Å². The Bertz CT molecular complexity index is 447. The van der Waals surface area contributed by atoms with Gasteiger partial charge in [0.2, 0.25) is 5.91 Å². The molecule has 0 atom stereocenters. The molecular weight excluding hydrogens is 268 g/mol. The third-order valence-electron chi connectivity index (χ3n) is 3.25. The number of hydrogen-bond donors (Lipinski definition) is 2. The molecule has 0 aliphatic carbocycles. The third-order valence-corrected chi connectivity index (χ3v) is 3.25. The summed E-state index contributed by atoms with van der Waals surface area (Å²) in [5.74, 6) is 0.577. The van der Waals surface area contributed by atoms with E-state index in [0.29, 0.717) is 11.4 Å². The number of carbonyl (C=O) groups is 1. The Morgan fingerprint density at radius 1 is 1.24 bits per heavy atom.